The van der Waals surface area contributed by atoms with Gasteiger partial charge in [0.05, 0.1) is 18.9 Å². The number of aromatic nitrogens is 2. The molecule has 2 aromatic rings. The molecular weight excluding hydrogens is 429 g/mol. The second-order valence-electron chi connectivity index (χ2n) is 6.62. The van der Waals surface area contributed by atoms with E-state index in [9.17, 15) is 26.7 Å². The standard InChI is InChI=1S/C19H20F5N3O4/c20-10-15(11-21)31-18-25-16(26-5-7-29-8-6-26)9-17(28)27(18)13-1-3-14(4-2-13)30-12-19(22,23)24/h1-4,9,15H,5-8,10-12H2. The van der Waals surface area contributed by atoms with Gasteiger partial charge in [-0.05, 0) is 24.3 Å². The van der Waals surface area contributed by atoms with Crippen LogP contribution in [0.5, 0.6) is 11.8 Å². The number of hydrogen-bond donors (Lipinski definition) is 0. The fourth-order valence-corrected chi connectivity index (χ4v) is 2.83. The molecule has 12 heteroatoms. The number of hydrogen-bond acceptors (Lipinski definition) is 6. The van der Waals surface area contributed by atoms with Crippen molar-refractivity contribution in [2.75, 3.05) is 51.2 Å². The van der Waals surface area contributed by atoms with Gasteiger partial charge in [-0.3, -0.25) is 4.79 Å². The van der Waals surface area contributed by atoms with Gasteiger partial charge in [0.2, 0.25) is 0 Å². The van der Waals surface area contributed by atoms with E-state index in [0.717, 1.165) is 4.57 Å². The second-order valence-corrected chi connectivity index (χ2v) is 6.62. The van der Waals surface area contributed by atoms with Crippen molar-refractivity contribution in [2.24, 2.45) is 0 Å². The third-order valence-corrected chi connectivity index (χ3v) is 4.32. The zero-order chi connectivity index (χ0) is 22.4. The van der Waals surface area contributed by atoms with Crippen molar-refractivity contribution in [3.63, 3.8) is 0 Å². The molecule has 1 aliphatic rings. The Hall–Kier alpha value is -2.89. The van der Waals surface area contributed by atoms with Crippen LogP contribution in [0.2, 0.25) is 0 Å². The zero-order valence-corrected chi connectivity index (χ0v) is 16.3. The molecule has 0 saturated carbocycles. The fraction of sp³-hybridized carbons (Fsp3) is 0.474. The van der Waals surface area contributed by atoms with E-state index in [0.29, 0.717) is 26.3 Å². The van der Waals surface area contributed by atoms with Gasteiger partial charge in [-0.25, -0.2) is 13.3 Å². The predicted molar refractivity (Wildman–Crippen MR) is 101 cm³/mol. The molecule has 0 unspecified atom stereocenters. The van der Waals surface area contributed by atoms with Crippen LogP contribution in [-0.2, 0) is 4.74 Å². The summed E-state index contributed by atoms with van der Waals surface area (Å²) in [5.41, 5.74) is -0.413. The van der Waals surface area contributed by atoms with Gasteiger partial charge < -0.3 is 19.1 Å². The molecule has 2 heterocycles. The van der Waals surface area contributed by atoms with Crippen LogP contribution in [-0.4, -0.2) is 68.1 Å². The summed E-state index contributed by atoms with van der Waals surface area (Å²) < 4.78 is 79.2. The van der Waals surface area contributed by atoms with E-state index < -0.39 is 37.8 Å². The van der Waals surface area contributed by atoms with Crippen molar-refractivity contribution < 1.29 is 36.2 Å². The van der Waals surface area contributed by atoms with Crippen molar-refractivity contribution >= 4 is 5.82 Å². The number of halogens is 5. The average molecular weight is 449 g/mol. The van der Waals surface area contributed by atoms with Crippen LogP contribution < -0.4 is 19.9 Å². The van der Waals surface area contributed by atoms with Gasteiger partial charge in [-0.2, -0.15) is 18.2 Å². The normalized spacial score (nSPS) is 14.7. The van der Waals surface area contributed by atoms with Gasteiger partial charge in [0, 0.05) is 19.2 Å². The smallest absolute Gasteiger partial charge is 0.422 e. The second kappa shape index (κ2) is 9.94. The quantitative estimate of drug-likeness (QED) is 0.578. The summed E-state index contributed by atoms with van der Waals surface area (Å²) in [6, 6.07) is 6.00. The number of morpholine rings is 1. The molecule has 31 heavy (non-hydrogen) atoms. The molecule has 3 rings (SSSR count). The highest BCUT2D eigenvalue weighted by molar-refractivity contribution is 5.44. The molecule has 1 saturated heterocycles. The lowest BCUT2D eigenvalue weighted by molar-refractivity contribution is -0.153. The van der Waals surface area contributed by atoms with E-state index in [1.54, 1.807) is 4.90 Å². The van der Waals surface area contributed by atoms with E-state index in [1.165, 1.54) is 30.3 Å². The molecule has 0 bridgehead atoms. The molecule has 1 aliphatic heterocycles. The first-order valence-corrected chi connectivity index (χ1v) is 9.36. The summed E-state index contributed by atoms with van der Waals surface area (Å²) in [7, 11) is 0. The molecule has 0 atom stereocenters. The summed E-state index contributed by atoms with van der Waals surface area (Å²) in [4.78, 5) is 18.9. The van der Waals surface area contributed by atoms with Crippen LogP contribution in [0.3, 0.4) is 0 Å². The molecule has 0 radical (unpaired) electrons. The minimum absolute atomic E-state index is 0.0696. The van der Waals surface area contributed by atoms with Gasteiger partial charge in [0.25, 0.3) is 5.56 Å². The number of rotatable bonds is 8. The van der Waals surface area contributed by atoms with Gasteiger partial charge in [0.15, 0.2) is 12.7 Å². The van der Waals surface area contributed by atoms with Crippen LogP contribution >= 0.6 is 0 Å². The molecule has 1 aromatic heterocycles. The van der Waals surface area contributed by atoms with E-state index in [2.05, 4.69) is 9.72 Å². The number of benzene rings is 1. The maximum Gasteiger partial charge on any atom is 0.422 e. The molecule has 0 spiro atoms. The van der Waals surface area contributed by atoms with Crippen molar-refractivity contribution in [3.05, 3.63) is 40.7 Å². The van der Waals surface area contributed by atoms with Gasteiger partial charge in [-0.1, -0.05) is 0 Å². The highest BCUT2D eigenvalue weighted by atomic mass is 19.4. The lowest BCUT2D eigenvalue weighted by Crippen LogP contribution is -2.38. The Morgan fingerprint density at radius 1 is 1.10 bits per heavy atom. The third kappa shape index (κ3) is 6.06. The van der Waals surface area contributed by atoms with E-state index in [4.69, 9.17) is 9.47 Å². The van der Waals surface area contributed by atoms with Crippen LogP contribution in [0.15, 0.2) is 35.1 Å². The lowest BCUT2D eigenvalue weighted by Gasteiger charge is -2.28. The third-order valence-electron chi connectivity index (χ3n) is 4.32. The van der Waals surface area contributed by atoms with Crippen molar-refractivity contribution in [1.29, 1.82) is 0 Å². The lowest BCUT2D eigenvalue weighted by atomic mass is 10.3. The molecule has 0 aliphatic carbocycles. The van der Waals surface area contributed by atoms with Crippen LogP contribution in [0.25, 0.3) is 5.69 Å². The SMILES string of the molecule is O=c1cc(N2CCOCC2)nc(OC(CF)CF)n1-c1ccc(OCC(F)(F)F)cc1. The number of nitrogens with zero attached hydrogens (tertiary/aromatic N) is 3. The van der Waals surface area contributed by atoms with E-state index >= 15 is 0 Å². The molecule has 1 aromatic carbocycles. The minimum atomic E-state index is -4.50. The van der Waals surface area contributed by atoms with Crippen LogP contribution in [0.4, 0.5) is 27.8 Å². The van der Waals surface area contributed by atoms with Gasteiger partial charge >= 0.3 is 12.2 Å². The Balaban J connectivity index is 1.94. The molecule has 7 nitrogen and oxygen atoms in total. The number of ether oxygens (including phenoxy) is 3. The number of alkyl halides is 5. The van der Waals surface area contributed by atoms with E-state index in [-0.39, 0.29) is 23.3 Å². The molecular formula is C19H20F5N3O4. The molecule has 1 fully saturated rings. The average Bonchev–Trinajstić information content (AvgIpc) is 2.76. The Morgan fingerprint density at radius 2 is 1.74 bits per heavy atom. The minimum Gasteiger partial charge on any atom is -0.484 e. The monoisotopic (exact) mass is 449 g/mol. The molecule has 0 amide bonds. The van der Waals surface area contributed by atoms with Crippen LogP contribution in [0, 0.1) is 0 Å². The van der Waals surface area contributed by atoms with Crippen molar-refractivity contribution in [3.8, 4) is 17.4 Å². The van der Waals surface area contributed by atoms with Crippen molar-refractivity contribution in [1.82, 2.24) is 9.55 Å². The summed E-state index contributed by atoms with van der Waals surface area (Å²) in [5.74, 6) is 0.195. The Kier molecular flexibility index (Phi) is 7.31. The largest absolute Gasteiger partial charge is 0.484 e. The van der Waals surface area contributed by atoms with Crippen molar-refractivity contribution in [2.45, 2.75) is 12.3 Å². The Bertz CT molecular complexity index is 910. The molecule has 170 valence electrons. The first-order chi connectivity index (χ1) is 14.8. The summed E-state index contributed by atoms with van der Waals surface area (Å²) in [6.45, 7) is -1.95. The number of anilines is 1. The first-order valence-electron chi connectivity index (χ1n) is 9.36. The topological polar surface area (TPSA) is 65.8 Å². The van der Waals surface area contributed by atoms with Gasteiger partial charge in [-0.15, -0.1) is 0 Å². The Labute approximate surface area is 174 Å². The van der Waals surface area contributed by atoms with E-state index in [1.807, 2.05) is 0 Å². The highest BCUT2D eigenvalue weighted by Gasteiger charge is 2.28. The summed E-state index contributed by atoms with van der Waals surface area (Å²) >= 11 is 0. The maximum atomic E-state index is 13.1. The zero-order valence-electron chi connectivity index (χ0n) is 16.3. The molecule has 0 N–H and O–H groups in total. The predicted octanol–water partition coefficient (Wildman–Crippen LogP) is 2.70. The van der Waals surface area contributed by atoms with Crippen LogP contribution in [0.1, 0.15) is 0 Å². The fourth-order valence-electron chi connectivity index (χ4n) is 2.83. The maximum absolute atomic E-state index is 13.1. The Morgan fingerprint density at radius 3 is 2.32 bits per heavy atom. The highest BCUT2D eigenvalue weighted by Crippen LogP contribution is 2.23. The summed E-state index contributed by atoms with van der Waals surface area (Å²) in [6.07, 6.45) is -5.96. The first kappa shape index (κ1) is 22.8. The van der Waals surface area contributed by atoms with Gasteiger partial charge in [0.1, 0.15) is 24.9 Å². The summed E-state index contributed by atoms with van der Waals surface area (Å²) in [5, 5.41) is 0.